The molecule has 0 aliphatic carbocycles. The van der Waals surface area contributed by atoms with Gasteiger partial charge in [0, 0.05) is 18.7 Å². The van der Waals surface area contributed by atoms with Crippen molar-refractivity contribution in [2.24, 2.45) is 5.73 Å². The average Bonchev–Trinajstić information content (AvgIpc) is 3.29. The van der Waals surface area contributed by atoms with Gasteiger partial charge in [0.15, 0.2) is 0 Å². The fourth-order valence-corrected chi connectivity index (χ4v) is 3.35. The summed E-state index contributed by atoms with van der Waals surface area (Å²) < 4.78 is 16.2. The highest BCUT2D eigenvalue weighted by molar-refractivity contribution is 7.17. The molecule has 2 aromatic carbocycles. The Kier molecular flexibility index (Phi) is 9.65. The number of aliphatic hydroxyl groups excluding tert-OH is 1. The fourth-order valence-electron chi connectivity index (χ4n) is 2.69. The van der Waals surface area contributed by atoms with Crippen LogP contribution in [0, 0.1) is 0 Å². The molecule has 0 spiro atoms. The van der Waals surface area contributed by atoms with E-state index in [-0.39, 0.29) is 13.2 Å². The number of carbonyl (C=O) groups excluding carboxylic acids is 2. The zero-order chi connectivity index (χ0) is 24.2. The number of nitrogens with one attached hydrogen (secondary N) is 2. The maximum absolute atomic E-state index is 11.9. The van der Waals surface area contributed by atoms with E-state index in [9.17, 15) is 14.7 Å². The molecular weight excluding hydrogens is 460 g/mol. The lowest BCUT2D eigenvalue weighted by Crippen LogP contribution is -2.33. The second-order valence-corrected chi connectivity index (χ2v) is 8.08. The minimum Gasteiger partial charge on any atom is -0.492 e. The Hall–Kier alpha value is -3.67. The predicted octanol–water partition coefficient (Wildman–Crippen LogP) is 2.40. The third kappa shape index (κ3) is 8.70. The van der Waals surface area contributed by atoms with E-state index in [4.69, 9.17) is 19.9 Å². The number of hydrogen-bond donors (Lipinski definition) is 4. The van der Waals surface area contributed by atoms with Crippen molar-refractivity contribution >= 4 is 28.3 Å². The molecule has 3 aromatic rings. The standard InChI is InChI=1S/C23H26N4O6S/c24-21(29)17-6-8-19(9-7-17)31-11-10-25-12-18(28)15-33-23-26-13-20(34-23)27-22(30)32-14-16-4-2-1-3-5-16/h1-9,13,18,25,28H,10-12,14-15H2,(H2,24,29)(H,27,30). The van der Waals surface area contributed by atoms with E-state index in [1.807, 2.05) is 30.3 Å². The molecule has 0 saturated heterocycles. The molecule has 0 aliphatic rings. The summed E-state index contributed by atoms with van der Waals surface area (Å²) in [5.41, 5.74) is 6.50. The molecule has 5 N–H and O–H groups in total. The van der Waals surface area contributed by atoms with E-state index in [1.165, 1.54) is 6.20 Å². The number of ether oxygens (including phenoxy) is 3. The fraction of sp³-hybridized carbons (Fsp3) is 0.261. The van der Waals surface area contributed by atoms with Gasteiger partial charge < -0.3 is 30.4 Å². The van der Waals surface area contributed by atoms with Crippen molar-refractivity contribution in [1.82, 2.24) is 10.3 Å². The van der Waals surface area contributed by atoms with Crippen molar-refractivity contribution in [2.75, 3.05) is 31.6 Å². The number of rotatable bonds is 13. The molecule has 1 heterocycles. The Bertz CT molecular complexity index is 1050. The minimum atomic E-state index is -0.758. The van der Waals surface area contributed by atoms with E-state index in [1.54, 1.807) is 24.3 Å². The number of hydrogen-bond acceptors (Lipinski definition) is 9. The maximum Gasteiger partial charge on any atom is 0.412 e. The van der Waals surface area contributed by atoms with E-state index >= 15 is 0 Å². The number of nitrogens with zero attached hydrogens (tertiary/aromatic N) is 1. The summed E-state index contributed by atoms with van der Waals surface area (Å²) in [5.74, 6) is 0.129. The summed E-state index contributed by atoms with van der Waals surface area (Å²) in [6.07, 6.45) is 0.113. The first-order valence-corrected chi connectivity index (χ1v) is 11.3. The summed E-state index contributed by atoms with van der Waals surface area (Å²) in [7, 11) is 0. The number of aliphatic hydroxyl groups is 1. The lowest BCUT2D eigenvalue weighted by molar-refractivity contribution is 0.1000. The normalized spacial score (nSPS) is 11.4. The molecule has 1 unspecified atom stereocenters. The van der Waals surface area contributed by atoms with Gasteiger partial charge in [-0.2, -0.15) is 0 Å². The Morgan fingerprint density at radius 2 is 1.85 bits per heavy atom. The van der Waals surface area contributed by atoms with E-state index in [0.717, 1.165) is 16.9 Å². The van der Waals surface area contributed by atoms with Gasteiger partial charge in [-0.25, -0.2) is 9.78 Å². The monoisotopic (exact) mass is 486 g/mol. The van der Waals surface area contributed by atoms with E-state index < -0.39 is 18.1 Å². The highest BCUT2D eigenvalue weighted by Crippen LogP contribution is 2.25. The van der Waals surface area contributed by atoms with Crippen LogP contribution in [0.25, 0.3) is 0 Å². The van der Waals surface area contributed by atoms with Gasteiger partial charge in [-0.1, -0.05) is 41.7 Å². The molecule has 2 amide bonds. The SMILES string of the molecule is NC(=O)c1ccc(OCCNCC(O)COc2ncc(NC(=O)OCc3ccccc3)s2)cc1. The molecule has 0 saturated carbocycles. The number of benzene rings is 2. The van der Waals surface area contributed by atoms with E-state index in [2.05, 4.69) is 15.6 Å². The van der Waals surface area contributed by atoms with Gasteiger partial charge in [-0.05, 0) is 29.8 Å². The van der Waals surface area contributed by atoms with Crippen molar-refractivity contribution < 1.29 is 28.9 Å². The molecule has 1 atom stereocenters. The number of nitrogens with two attached hydrogens (primary N) is 1. The van der Waals surface area contributed by atoms with Crippen molar-refractivity contribution in [2.45, 2.75) is 12.7 Å². The summed E-state index contributed by atoms with van der Waals surface area (Å²) in [6.45, 7) is 1.39. The molecule has 0 bridgehead atoms. The van der Waals surface area contributed by atoms with Gasteiger partial charge in [-0.3, -0.25) is 10.1 Å². The highest BCUT2D eigenvalue weighted by atomic mass is 32.1. The molecule has 11 heteroatoms. The summed E-state index contributed by atoms with van der Waals surface area (Å²) in [4.78, 5) is 27.0. The number of aromatic nitrogens is 1. The molecule has 3 rings (SSSR count). The smallest absolute Gasteiger partial charge is 0.412 e. The van der Waals surface area contributed by atoms with Crippen LogP contribution in [0.5, 0.6) is 10.9 Å². The number of amides is 2. The maximum atomic E-state index is 11.9. The minimum absolute atomic E-state index is 0.0356. The summed E-state index contributed by atoms with van der Waals surface area (Å²) >= 11 is 1.13. The molecular formula is C23H26N4O6S. The largest absolute Gasteiger partial charge is 0.492 e. The van der Waals surface area contributed by atoms with Crippen LogP contribution in [-0.4, -0.2) is 54.5 Å². The number of carbonyl (C=O) groups is 2. The van der Waals surface area contributed by atoms with Crippen molar-refractivity contribution in [3.05, 3.63) is 71.9 Å². The van der Waals surface area contributed by atoms with Gasteiger partial charge in [0.05, 0.1) is 6.20 Å². The van der Waals surface area contributed by atoms with Crippen LogP contribution in [0.3, 0.4) is 0 Å². The lowest BCUT2D eigenvalue weighted by Gasteiger charge is -2.12. The van der Waals surface area contributed by atoms with Crippen LogP contribution in [-0.2, 0) is 11.3 Å². The second-order valence-electron chi connectivity index (χ2n) is 7.08. The van der Waals surface area contributed by atoms with Crippen molar-refractivity contribution in [3.63, 3.8) is 0 Å². The van der Waals surface area contributed by atoms with Gasteiger partial charge in [0.2, 0.25) is 5.91 Å². The Balaban J connectivity index is 1.26. The highest BCUT2D eigenvalue weighted by Gasteiger charge is 2.11. The van der Waals surface area contributed by atoms with E-state index in [0.29, 0.717) is 41.2 Å². The predicted molar refractivity (Wildman–Crippen MR) is 127 cm³/mol. The Labute approximate surface area is 200 Å². The number of primary amides is 1. The van der Waals surface area contributed by atoms with Gasteiger partial charge in [0.25, 0.3) is 5.19 Å². The summed E-state index contributed by atoms with van der Waals surface area (Å²) in [6, 6.07) is 15.9. The Morgan fingerprint density at radius 3 is 2.59 bits per heavy atom. The third-order valence-electron chi connectivity index (χ3n) is 4.39. The molecule has 34 heavy (non-hydrogen) atoms. The number of anilines is 1. The van der Waals surface area contributed by atoms with Crippen molar-refractivity contribution in [3.8, 4) is 10.9 Å². The second kappa shape index (κ2) is 13.1. The molecule has 180 valence electrons. The molecule has 0 fully saturated rings. The van der Waals surface area contributed by atoms with Crippen LogP contribution in [0.1, 0.15) is 15.9 Å². The first-order valence-electron chi connectivity index (χ1n) is 10.5. The molecule has 0 radical (unpaired) electrons. The van der Waals surface area contributed by atoms with Crippen LogP contribution in [0.4, 0.5) is 9.80 Å². The Morgan fingerprint density at radius 1 is 1.09 bits per heavy atom. The van der Waals surface area contributed by atoms with Gasteiger partial charge in [-0.15, -0.1) is 0 Å². The first kappa shape index (κ1) is 25.0. The topological polar surface area (TPSA) is 145 Å². The van der Waals surface area contributed by atoms with Crippen LogP contribution < -0.4 is 25.8 Å². The van der Waals surface area contributed by atoms with Crippen LogP contribution in [0.2, 0.25) is 0 Å². The van der Waals surface area contributed by atoms with Gasteiger partial charge >= 0.3 is 6.09 Å². The van der Waals surface area contributed by atoms with Crippen LogP contribution >= 0.6 is 11.3 Å². The zero-order valence-corrected chi connectivity index (χ0v) is 19.1. The quantitative estimate of drug-likeness (QED) is 0.270. The third-order valence-corrected chi connectivity index (χ3v) is 5.21. The van der Waals surface area contributed by atoms with Crippen LogP contribution in [0.15, 0.2) is 60.8 Å². The molecule has 1 aromatic heterocycles. The van der Waals surface area contributed by atoms with Gasteiger partial charge in [0.1, 0.15) is 36.7 Å². The zero-order valence-electron chi connectivity index (χ0n) is 18.3. The summed E-state index contributed by atoms with van der Waals surface area (Å²) in [5, 5.41) is 16.5. The lowest BCUT2D eigenvalue weighted by atomic mass is 10.2. The molecule has 0 aliphatic heterocycles. The number of thiazole rings is 1. The average molecular weight is 487 g/mol. The first-order chi connectivity index (χ1) is 16.5. The van der Waals surface area contributed by atoms with Crippen molar-refractivity contribution in [1.29, 1.82) is 0 Å². The molecule has 10 nitrogen and oxygen atoms in total.